The van der Waals surface area contributed by atoms with Crippen LogP contribution in [0.4, 0.5) is 4.39 Å². The Hall–Kier alpha value is -1.63. The molecule has 19 heavy (non-hydrogen) atoms. The third-order valence-electron chi connectivity index (χ3n) is 3.33. The number of sulfone groups is 1. The molecule has 1 aromatic carbocycles. The van der Waals surface area contributed by atoms with Crippen molar-refractivity contribution in [1.29, 1.82) is 0 Å². The number of rotatable bonds is 4. The fourth-order valence-corrected chi connectivity index (χ4v) is 2.82. The van der Waals surface area contributed by atoms with Crippen LogP contribution in [0.1, 0.15) is 18.4 Å². The predicted molar refractivity (Wildman–Crippen MR) is 64.6 cm³/mol. The Labute approximate surface area is 109 Å². The largest absolute Gasteiger partial charge is 0.496 e. The molecule has 0 heterocycles. The number of benzene rings is 1. The molecule has 0 aromatic heterocycles. The highest BCUT2D eigenvalue weighted by molar-refractivity contribution is 7.90. The van der Waals surface area contributed by atoms with Gasteiger partial charge in [-0.25, -0.2) is 12.8 Å². The summed E-state index contributed by atoms with van der Waals surface area (Å²) in [7, 11) is -2.44. The topological polar surface area (TPSA) is 80.7 Å². The van der Waals surface area contributed by atoms with Gasteiger partial charge in [-0.1, -0.05) is 0 Å². The van der Waals surface area contributed by atoms with Crippen molar-refractivity contribution in [3.05, 3.63) is 23.5 Å². The van der Waals surface area contributed by atoms with E-state index in [4.69, 9.17) is 4.74 Å². The summed E-state index contributed by atoms with van der Waals surface area (Å²) in [6, 6.07) is 2.00. The molecule has 0 bridgehead atoms. The highest BCUT2D eigenvalue weighted by Gasteiger charge is 2.53. The molecule has 0 saturated heterocycles. The molecule has 0 spiro atoms. The van der Waals surface area contributed by atoms with E-state index < -0.39 is 31.9 Å². The van der Waals surface area contributed by atoms with Gasteiger partial charge < -0.3 is 9.84 Å². The van der Waals surface area contributed by atoms with Gasteiger partial charge in [0, 0.05) is 17.9 Å². The molecular weight excluding hydrogens is 275 g/mol. The zero-order chi connectivity index (χ0) is 14.4. The first-order valence-corrected chi connectivity index (χ1v) is 7.43. The van der Waals surface area contributed by atoms with Gasteiger partial charge in [-0.2, -0.15) is 0 Å². The van der Waals surface area contributed by atoms with E-state index >= 15 is 0 Å². The van der Waals surface area contributed by atoms with Crippen molar-refractivity contribution in [2.75, 3.05) is 13.4 Å². The van der Waals surface area contributed by atoms with E-state index in [1.165, 1.54) is 7.11 Å². The summed E-state index contributed by atoms with van der Waals surface area (Å²) in [6.07, 6.45) is 1.65. The molecule has 1 aliphatic rings. The molecule has 5 nitrogen and oxygen atoms in total. The molecule has 0 radical (unpaired) electrons. The van der Waals surface area contributed by atoms with Gasteiger partial charge in [0.2, 0.25) is 0 Å². The molecule has 7 heteroatoms. The van der Waals surface area contributed by atoms with Crippen LogP contribution in [0.15, 0.2) is 17.0 Å². The van der Waals surface area contributed by atoms with Crippen LogP contribution >= 0.6 is 0 Å². The van der Waals surface area contributed by atoms with Crippen LogP contribution in [0.5, 0.6) is 5.75 Å². The Kier molecular flexibility index (Phi) is 3.04. The molecule has 1 N–H and O–H groups in total. The molecule has 1 saturated carbocycles. The number of carboxylic acid groups (broad SMARTS) is 1. The number of aliphatic carboxylic acids is 1. The van der Waals surface area contributed by atoms with Gasteiger partial charge in [0.15, 0.2) is 9.84 Å². The number of hydrogen-bond donors (Lipinski definition) is 1. The van der Waals surface area contributed by atoms with E-state index in [0.717, 1.165) is 18.4 Å². The summed E-state index contributed by atoms with van der Waals surface area (Å²) < 4.78 is 41.7. The molecule has 1 aromatic rings. The summed E-state index contributed by atoms with van der Waals surface area (Å²) in [5.74, 6) is -1.93. The van der Waals surface area contributed by atoms with Crippen molar-refractivity contribution >= 4 is 15.8 Å². The third-order valence-corrected chi connectivity index (χ3v) is 4.44. The van der Waals surface area contributed by atoms with Crippen LogP contribution in [-0.2, 0) is 20.0 Å². The Morgan fingerprint density at radius 2 is 2.00 bits per heavy atom. The number of ether oxygens (including phenoxy) is 1. The third kappa shape index (κ3) is 2.18. The monoisotopic (exact) mass is 288 g/mol. The lowest BCUT2D eigenvalue weighted by molar-refractivity contribution is -0.140. The Morgan fingerprint density at radius 3 is 2.37 bits per heavy atom. The molecule has 1 aliphatic carbocycles. The summed E-state index contributed by atoms with van der Waals surface area (Å²) in [5.41, 5.74) is -0.963. The van der Waals surface area contributed by atoms with E-state index in [-0.39, 0.29) is 11.3 Å². The van der Waals surface area contributed by atoms with Crippen LogP contribution in [0.2, 0.25) is 0 Å². The van der Waals surface area contributed by atoms with E-state index in [1.54, 1.807) is 0 Å². The molecule has 1 fully saturated rings. The zero-order valence-electron chi connectivity index (χ0n) is 10.4. The Morgan fingerprint density at radius 1 is 1.42 bits per heavy atom. The lowest BCUT2D eigenvalue weighted by Gasteiger charge is -2.16. The summed E-state index contributed by atoms with van der Waals surface area (Å²) in [4.78, 5) is 10.8. The van der Waals surface area contributed by atoms with Crippen molar-refractivity contribution in [3.63, 3.8) is 0 Å². The number of carboxylic acids is 1. The fourth-order valence-electron chi connectivity index (χ4n) is 2.09. The van der Waals surface area contributed by atoms with Gasteiger partial charge in [0.1, 0.15) is 16.5 Å². The standard InChI is InChI=1S/C12H13FO5S/c1-18-9-6-10(19(2,16)17)8(13)5-7(9)12(3-4-12)11(14)15/h5-6H,3-4H2,1-2H3,(H,14,15). The number of methoxy groups -OCH3 is 1. The lowest BCUT2D eigenvalue weighted by atomic mass is 9.95. The number of halogens is 1. The predicted octanol–water partition coefficient (Wildman–Crippen LogP) is 1.35. The van der Waals surface area contributed by atoms with Gasteiger partial charge in [0.25, 0.3) is 0 Å². The van der Waals surface area contributed by atoms with Crippen LogP contribution in [0, 0.1) is 5.82 Å². The van der Waals surface area contributed by atoms with Crippen molar-refractivity contribution in [2.45, 2.75) is 23.2 Å². The highest BCUT2D eigenvalue weighted by atomic mass is 32.2. The minimum absolute atomic E-state index is 0.0849. The second kappa shape index (κ2) is 4.19. The van der Waals surface area contributed by atoms with Crippen molar-refractivity contribution in [3.8, 4) is 5.75 Å². The van der Waals surface area contributed by atoms with Gasteiger partial charge in [-0.3, -0.25) is 4.79 Å². The molecule has 0 unspecified atom stereocenters. The average molecular weight is 288 g/mol. The second-order valence-electron chi connectivity index (χ2n) is 4.64. The lowest BCUT2D eigenvalue weighted by Crippen LogP contribution is -2.21. The van der Waals surface area contributed by atoms with E-state index in [1.807, 2.05) is 0 Å². The van der Waals surface area contributed by atoms with Gasteiger partial charge in [0.05, 0.1) is 12.5 Å². The van der Waals surface area contributed by atoms with E-state index in [9.17, 15) is 22.7 Å². The van der Waals surface area contributed by atoms with Crippen LogP contribution in [0.3, 0.4) is 0 Å². The summed E-state index contributed by atoms with van der Waals surface area (Å²) >= 11 is 0. The molecule has 0 atom stereocenters. The minimum Gasteiger partial charge on any atom is -0.496 e. The van der Waals surface area contributed by atoms with Crippen molar-refractivity contribution in [2.24, 2.45) is 0 Å². The van der Waals surface area contributed by atoms with Crippen molar-refractivity contribution in [1.82, 2.24) is 0 Å². The van der Waals surface area contributed by atoms with Crippen LogP contribution < -0.4 is 4.74 Å². The average Bonchev–Trinajstić information content (AvgIpc) is 3.08. The van der Waals surface area contributed by atoms with Crippen LogP contribution in [-0.4, -0.2) is 32.9 Å². The Balaban J connectivity index is 2.66. The Bertz CT molecular complexity index is 646. The number of carbonyl (C=O) groups is 1. The quantitative estimate of drug-likeness (QED) is 0.904. The maximum absolute atomic E-state index is 13.9. The first kappa shape index (κ1) is 13.8. The highest BCUT2D eigenvalue weighted by Crippen LogP contribution is 2.52. The fraction of sp³-hybridized carbons (Fsp3) is 0.417. The zero-order valence-corrected chi connectivity index (χ0v) is 11.3. The second-order valence-corrected chi connectivity index (χ2v) is 6.63. The normalized spacial score (nSPS) is 17.0. The summed E-state index contributed by atoms with van der Waals surface area (Å²) in [6.45, 7) is 0. The summed E-state index contributed by atoms with van der Waals surface area (Å²) in [5, 5.41) is 9.20. The first-order chi connectivity index (χ1) is 8.72. The maximum Gasteiger partial charge on any atom is 0.314 e. The van der Waals surface area contributed by atoms with Gasteiger partial charge in [-0.05, 0) is 18.9 Å². The van der Waals surface area contributed by atoms with Gasteiger partial charge in [-0.15, -0.1) is 0 Å². The van der Waals surface area contributed by atoms with Gasteiger partial charge >= 0.3 is 5.97 Å². The van der Waals surface area contributed by atoms with E-state index in [2.05, 4.69) is 0 Å². The molecule has 0 amide bonds. The van der Waals surface area contributed by atoms with E-state index in [0.29, 0.717) is 12.8 Å². The molecular formula is C12H13FO5S. The molecule has 104 valence electrons. The number of hydrogen-bond acceptors (Lipinski definition) is 4. The SMILES string of the molecule is COc1cc(S(C)(=O)=O)c(F)cc1C1(C(=O)O)CC1. The van der Waals surface area contributed by atoms with Crippen molar-refractivity contribution < 1.29 is 27.4 Å². The molecule has 0 aliphatic heterocycles. The minimum atomic E-state index is -3.73. The first-order valence-electron chi connectivity index (χ1n) is 5.54. The van der Waals surface area contributed by atoms with Crippen LogP contribution in [0.25, 0.3) is 0 Å². The smallest absolute Gasteiger partial charge is 0.314 e. The molecule has 2 rings (SSSR count). The maximum atomic E-state index is 13.9.